The molecule has 144 valence electrons. The summed E-state index contributed by atoms with van der Waals surface area (Å²) in [6, 6.07) is 1.27. The molecule has 25 heavy (non-hydrogen) atoms. The van der Waals surface area contributed by atoms with Crippen LogP contribution in [0.5, 0.6) is 0 Å². The van der Waals surface area contributed by atoms with Crippen LogP contribution < -0.4 is 5.73 Å². The van der Waals surface area contributed by atoms with Crippen LogP contribution in [0.3, 0.4) is 0 Å². The lowest BCUT2D eigenvalue weighted by Gasteiger charge is -2.30. The number of hydrogen-bond acceptors (Lipinski definition) is 2. The van der Waals surface area contributed by atoms with Crippen molar-refractivity contribution < 1.29 is 26.3 Å². The molecule has 0 aliphatic carbocycles. The van der Waals surface area contributed by atoms with Crippen molar-refractivity contribution in [1.29, 1.82) is 0 Å². The Kier molecular flexibility index (Phi) is 6.81. The molecule has 9 heteroatoms. The molecule has 1 aliphatic heterocycles. The largest absolute Gasteiger partial charge is 0.416 e. The van der Waals surface area contributed by atoms with Gasteiger partial charge in [-0.2, -0.15) is 26.3 Å². The summed E-state index contributed by atoms with van der Waals surface area (Å²) in [5.74, 6) is 0.204. The molecule has 1 fully saturated rings. The number of nitrogens with zero attached hydrogens (tertiary/aromatic N) is 1. The maximum atomic E-state index is 13.0. The van der Waals surface area contributed by atoms with E-state index >= 15 is 0 Å². The minimum Gasteiger partial charge on any atom is -0.330 e. The molecule has 2 nitrogen and oxygen atoms in total. The molecule has 0 radical (unpaired) electrons. The van der Waals surface area contributed by atoms with Crippen LogP contribution in [-0.2, 0) is 12.4 Å². The molecular weight excluding hydrogens is 370 g/mol. The van der Waals surface area contributed by atoms with E-state index in [1.807, 2.05) is 11.8 Å². The van der Waals surface area contributed by atoms with E-state index in [0.29, 0.717) is 13.1 Å². The number of nitrogens with two attached hydrogens (primary N) is 1. The molecule has 0 saturated carbocycles. The van der Waals surface area contributed by atoms with Gasteiger partial charge < -0.3 is 5.73 Å². The molecule has 2 rings (SSSR count). The molecule has 1 aliphatic rings. The monoisotopic (exact) mass is 390 g/mol. The lowest BCUT2D eigenvalue weighted by molar-refractivity contribution is -0.143. The maximum Gasteiger partial charge on any atom is 0.416 e. The van der Waals surface area contributed by atoms with Crippen molar-refractivity contribution in [3.63, 3.8) is 0 Å². The summed E-state index contributed by atoms with van der Waals surface area (Å²) in [4.78, 5) is 1.91. The third kappa shape index (κ3) is 5.01. The second-order valence-corrected chi connectivity index (χ2v) is 6.40. The van der Waals surface area contributed by atoms with Gasteiger partial charge in [0.1, 0.15) is 0 Å². The zero-order chi connectivity index (χ0) is 18.3. The number of rotatable bonds is 3. The molecule has 2 N–H and O–H groups in total. The van der Waals surface area contributed by atoms with E-state index in [-0.39, 0.29) is 36.0 Å². The zero-order valence-corrected chi connectivity index (χ0v) is 14.6. The number of likely N-dealkylation sites (tertiary alicyclic amines) is 1. The van der Waals surface area contributed by atoms with Gasteiger partial charge >= 0.3 is 12.4 Å². The summed E-state index contributed by atoms with van der Waals surface area (Å²) >= 11 is 0. The van der Waals surface area contributed by atoms with Crippen LogP contribution in [0.15, 0.2) is 18.2 Å². The summed E-state index contributed by atoms with van der Waals surface area (Å²) in [5, 5.41) is 0. The van der Waals surface area contributed by atoms with Crippen molar-refractivity contribution in [3.05, 3.63) is 34.9 Å². The smallest absolute Gasteiger partial charge is 0.330 e. The highest BCUT2D eigenvalue weighted by molar-refractivity contribution is 5.85. The molecule has 1 aromatic rings. The van der Waals surface area contributed by atoms with Gasteiger partial charge in [-0.15, -0.1) is 12.4 Å². The Labute approximate surface area is 148 Å². The Morgan fingerprint density at radius 2 is 1.56 bits per heavy atom. The van der Waals surface area contributed by atoms with Crippen LogP contribution in [0, 0.1) is 5.92 Å². The first-order valence-corrected chi connectivity index (χ1v) is 7.68. The predicted octanol–water partition coefficient (Wildman–Crippen LogP) is 4.88. The van der Waals surface area contributed by atoms with E-state index < -0.39 is 29.5 Å². The van der Waals surface area contributed by atoms with Crippen molar-refractivity contribution in [3.8, 4) is 0 Å². The van der Waals surface area contributed by atoms with Crippen molar-refractivity contribution in [1.82, 2.24) is 4.90 Å². The first-order valence-electron chi connectivity index (χ1n) is 7.68. The summed E-state index contributed by atoms with van der Waals surface area (Å²) in [6.45, 7) is 4.55. The van der Waals surface area contributed by atoms with Gasteiger partial charge in [0.15, 0.2) is 0 Å². The second-order valence-electron chi connectivity index (χ2n) is 6.40. The minimum atomic E-state index is -4.83. The molecular formula is C16H21ClF6N2. The van der Waals surface area contributed by atoms with Gasteiger partial charge in [-0.1, -0.05) is 0 Å². The van der Waals surface area contributed by atoms with Crippen LogP contribution in [0.4, 0.5) is 26.3 Å². The van der Waals surface area contributed by atoms with Gasteiger partial charge in [0.25, 0.3) is 0 Å². The third-order valence-corrected chi connectivity index (χ3v) is 4.63. The fraction of sp³-hybridized carbons (Fsp3) is 0.625. The molecule has 0 spiro atoms. The zero-order valence-electron chi connectivity index (χ0n) is 13.8. The van der Waals surface area contributed by atoms with Crippen LogP contribution >= 0.6 is 12.4 Å². The van der Waals surface area contributed by atoms with Crippen LogP contribution in [0.2, 0.25) is 0 Å². The quantitative estimate of drug-likeness (QED) is 0.746. The van der Waals surface area contributed by atoms with E-state index in [2.05, 4.69) is 0 Å². The second kappa shape index (κ2) is 7.72. The van der Waals surface area contributed by atoms with Gasteiger partial charge in [0.2, 0.25) is 0 Å². The highest BCUT2D eigenvalue weighted by Crippen LogP contribution is 2.39. The standard InChI is InChI=1S/C16H20F6N2.ClH/c1-9-3-11(7-23)8-24(9)10(2)12-4-13(15(17,18)19)6-14(5-12)16(20,21)22;/h4-6,9-11H,3,7-8,23H2,1-2H3;1H. The van der Waals surface area contributed by atoms with Gasteiger partial charge in [-0.3, -0.25) is 4.90 Å². The molecule has 1 heterocycles. The molecule has 1 aromatic carbocycles. The third-order valence-electron chi connectivity index (χ3n) is 4.63. The number of halogens is 7. The number of benzene rings is 1. The SMILES string of the molecule is CC1CC(CN)CN1C(C)c1cc(C(F)(F)F)cc(C(F)(F)F)c1.Cl. The van der Waals surface area contributed by atoms with Gasteiger partial charge in [-0.25, -0.2) is 0 Å². The van der Waals surface area contributed by atoms with E-state index in [9.17, 15) is 26.3 Å². The van der Waals surface area contributed by atoms with Crippen LogP contribution in [-0.4, -0.2) is 24.0 Å². The Bertz CT molecular complexity index is 555. The Morgan fingerprint density at radius 3 is 1.92 bits per heavy atom. The average molecular weight is 391 g/mol. The van der Waals surface area contributed by atoms with E-state index in [1.165, 1.54) is 0 Å². The van der Waals surface area contributed by atoms with E-state index in [1.54, 1.807) is 6.92 Å². The Balaban J connectivity index is 0.00000312. The molecule has 0 aromatic heterocycles. The van der Waals surface area contributed by atoms with Crippen molar-refractivity contribution in [2.75, 3.05) is 13.1 Å². The Hall–Kier alpha value is -0.990. The highest BCUT2D eigenvalue weighted by Gasteiger charge is 2.39. The maximum absolute atomic E-state index is 13.0. The highest BCUT2D eigenvalue weighted by atomic mass is 35.5. The molecule has 0 bridgehead atoms. The molecule has 0 amide bonds. The molecule has 3 atom stereocenters. The van der Waals surface area contributed by atoms with Gasteiger partial charge in [0, 0.05) is 18.6 Å². The summed E-state index contributed by atoms with van der Waals surface area (Å²) in [6.07, 6.45) is -8.87. The Morgan fingerprint density at radius 1 is 1.08 bits per heavy atom. The average Bonchev–Trinajstić information content (AvgIpc) is 2.85. The van der Waals surface area contributed by atoms with Gasteiger partial charge in [0.05, 0.1) is 11.1 Å². The van der Waals surface area contributed by atoms with Crippen LogP contribution in [0.1, 0.15) is 43.0 Å². The predicted molar refractivity (Wildman–Crippen MR) is 85.4 cm³/mol. The molecule has 1 saturated heterocycles. The number of alkyl halides is 6. The van der Waals surface area contributed by atoms with Crippen molar-refractivity contribution >= 4 is 12.4 Å². The fourth-order valence-corrected chi connectivity index (χ4v) is 3.29. The first kappa shape index (κ1) is 22.1. The minimum absolute atomic E-state index is 0. The first-order chi connectivity index (χ1) is 10.9. The van der Waals surface area contributed by atoms with Crippen LogP contribution in [0.25, 0.3) is 0 Å². The normalized spacial score (nSPS) is 23.4. The molecule has 3 unspecified atom stereocenters. The topological polar surface area (TPSA) is 29.3 Å². The van der Waals surface area contributed by atoms with Gasteiger partial charge in [-0.05, 0) is 56.5 Å². The number of hydrogen-bond donors (Lipinski definition) is 1. The lowest BCUT2D eigenvalue weighted by Crippen LogP contribution is -2.31. The summed E-state index contributed by atoms with van der Waals surface area (Å²) in [5.41, 5.74) is 3.10. The van der Waals surface area contributed by atoms with E-state index in [0.717, 1.165) is 18.6 Å². The summed E-state index contributed by atoms with van der Waals surface area (Å²) in [7, 11) is 0. The van der Waals surface area contributed by atoms with Crippen molar-refractivity contribution in [2.45, 2.75) is 44.7 Å². The fourth-order valence-electron chi connectivity index (χ4n) is 3.29. The summed E-state index contributed by atoms with van der Waals surface area (Å²) < 4.78 is 77.8. The van der Waals surface area contributed by atoms with E-state index in [4.69, 9.17) is 5.73 Å². The lowest BCUT2D eigenvalue weighted by atomic mass is 9.99. The van der Waals surface area contributed by atoms with Crippen molar-refractivity contribution in [2.24, 2.45) is 11.7 Å².